The van der Waals surface area contributed by atoms with E-state index in [0.29, 0.717) is 13.0 Å². The monoisotopic (exact) mass is 255 g/mol. The molecule has 0 saturated carbocycles. The van der Waals surface area contributed by atoms with Gasteiger partial charge in [0.1, 0.15) is 12.4 Å². The summed E-state index contributed by atoms with van der Waals surface area (Å²) in [6.45, 7) is 4.11. The highest BCUT2D eigenvalue weighted by Gasteiger charge is 2.35. The fraction of sp³-hybridized carbons (Fsp3) is 0.583. The van der Waals surface area contributed by atoms with Gasteiger partial charge in [0.2, 0.25) is 6.33 Å². The molecule has 0 unspecified atom stereocenters. The first-order valence-corrected chi connectivity index (χ1v) is 5.96. The highest BCUT2D eigenvalue weighted by atomic mass is 16.6. The first-order chi connectivity index (χ1) is 8.60. The van der Waals surface area contributed by atoms with E-state index < -0.39 is 18.0 Å². The van der Waals surface area contributed by atoms with E-state index >= 15 is 0 Å². The fourth-order valence-corrected chi connectivity index (χ4v) is 1.46. The number of carbonyl (C=O) groups excluding carboxylic acids is 2. The second-order valence-electron chi connectivity index (χ2n) is 3.85. The smallest absolute Gasteiger partial charge is 0.363 e. The van der Waals surface area contributed by atoms with Crippen molar-refractivity contribution >= 4 is 11.9 Å². The number of rotatable bonds is 6. The number of aromatic nitrogens is 2. The van der Waals surface area contributed by atoms with Crippen molar-refractivity contribution < 1.29 is 23.6 Å². The molecule has 1 heterocycles. The number of hydrogen-bond donors (Lipinski definition) is 0. The number of imidazole rings is 1. The zero-order valence-electron chi connectivity index (χ0n) is 11.0. The van der Waals surface area contributed by atoms with Gasteiger partial charge in [0.25, 0.3) is 6.04 Å². The van der Waals surface area contributed by atoms with E-state index in [-0.39, 0.29) is 6.61 Å². The van der Waals surface area contributed by atoms with Crippen LogP contribution in [-0.2, 0) is 26.1 Å². The van der Waals surface area contributed by atoms with E-state index in [1.54, 1.807) is 37.3 Å². The second kappa shape index (κ2) is 6.78. The van der Waals surface area contributed by atoms with Crippen LogP contribution in [0.3, 0.4) is 0 Å². The lowest BCUT2D eigenvalue weighted by Crippen LogP contribution is -2.32. The van der Waals surface area contributed by atoms with E-state index in [1.165, 1.54) is 4.57 Å². The summed E-state index contributed by atoms with van der Waals surface area (Å²) in [6.07, 6.45) is 5.71. The third kappa shape index (κ3) is 3.58. The van der Waals surface area contributed by atoms with Crippen molar-refractivity contribution in [3.8, 4) is 0 Å². The topological polar surface area (TPSA) is 61.4 Å². The van der Waals surface area contributed by atoms with Gasteiger partial charge in [-0.15, -0.1) is 0 Å². The standard InChI is InChI=1S/C12H19N2O4/c1-4-8-18-12(16)10(11(15)17-5-2)14-7-6-13(3)9-14/h6-7,9-10H,4-5,8H2,1-3H3/q+1/t10-/m1/s1. The van der Waals surface area contributed by atoms with E-state index in [1.807, 2.05) is 6.92 Å². The van der Waals surface area contributed by atoms with Gasteiger partial charge in [-0.05, 0) is 13.3 Å². The van der Waals surface area contributed by atoms with Crippen molar-refractivity contribution in [1.29, 1.82) is 0 Å². The number of aryl methyl sites for hydroxylation is 1. The third-order valence-corrected chi connectivity index (χ3v) is 2.27. The van der Waals surface area contributed by atoms with E-state index in [9.17, 15) is 9.59 Å². The Bertz CT molecular complexity index is 414. The zero-order chi connectivity index (χ0) is 13.5. The lowest BCUT2D eigenvalue weighted by atomic mass is 10.3. The Kier molecular flexibility index (Phi) is 5.35. The minimum Gasteiger partial charge on any atom is -0.462 e. The van der Waals surface area contributed by atoms with Crippen molar-refractivity contribution in [3.63, 3.8) is 0 Å². The van der Waals surface area contributed by atoms with Gasteiger partial charge in [-0.1, -0.05) is 6.92 Å². The van der Waals surface area contributed by atoms with Crippen LogP contribution in [0.5, 0.6) is 0 Å². The third-order valence-electron chi connectivity index (χ3n) is 2.27. The van der Waals surface area contributed by atoms with Crippen LogP contribution in [0.15, 0.2) is 18.7 Å². The quantitative estimate of drug-likeness (QED) is 0.418. The maximum Gasteiger partial charge on any atom is 0.363 e. The van der Waals surface area contributed by atoms with Crippen molar-refractivity contribution in [3.05, 3.63) is 18.7 Å². The molecule has 0 aliphatic rings. The molecule has 6 heteroatoms. The molecule has 0 aliphatic carbocycles. The molecule has 0 bridgehead atoms. The predicted molar refractivity (Wildman–Crippen MR) is 62.5 cm³/mol. The number of nitrogens with zero attached hydrogens (tertiary/aromatic N) is 2. The summed E-state index contributed by atoms with van der Waals surface area (Å²) >= 11 is 0. The Balaban J connectivity index is 2.87. The van der Waals surface area contributed by atoms with Crippen molar-refractivity contribution in [2.75, 3.05) is 13.2 Å². The molecule has 18 heavy (non-hydrogen) atoms. The molecule has 6 nitrogen and oxygen atoms in total. The van der Waals surface area contributed by atoms with Crippen molar-refractivity contribution in [2.45, 2.75) is 26.3 Å². The Morgan fingerprint density at radius 2 is 1.94 bits per heavy atom. The maximum atomic E-state index is 11.9. The van der Waals surface area contributed by atoms with Gasteiger partial charge in [0.05, 0.1) is 20.3 Å². The summed E-state index contributed by atoms with van der Waals surface area (Å²) in [7, 11) is 1.80. The van der Waals surface area contributed by atoms with Gasteiger partial charge in [0.15, 0.2) is 0 Å². The summed E-state index contributed by atoms with van der Waals surface area (Å²) in [5.41, 5.74) is 0. The minimum absolute atomic E-state index is 0.226. The van der Waals surface area contributed by atoms with Crippen LogP contribution in [0.1, 0.15) is 26.3 Å². The number of hydrogen-bond acceptors (Lipinski definition) is 4. The Hall–Kier alpha value is -1.85. The largest absolute Gasteiger partial charge is 0.462 e. The number of carbonyl (C=O) groups is 2. The van der Waals surface area contributed by atoms with Crippen LogP contribution in [-0.4, -0.2) is 29.7 Å². The Labute approximate surface area is 106 Å². The van der Waals surface area contributed by atoms with Crippen LogP contribution < -0.4 is 4.57 Å². The fourth-order valence-electron chi connectivity index (χ4n) is 1.46. The number of ether oxygens (including phenoxy) is 2. The molecule has 0 aliphatic heterocycles. The van der Waals surface area contributed by atoms with Gasteiger partial charge in [-0.3, -0.25) is 0 Å². The molecule has 1 rings (SSSR count). The van der Waals surface area contributed by atoms with E-state index in [2.05, 4.69) is 0 Å². The molecule has 0 fully saturated rings. The maximum absolute atomic E-state index is 11.9. The lowest BCUT2D eigenvalue weighted by molar-refractivity contribution is -0.671. The molecule has 100 valence electrons. The lowest BCUT2D eigenvalue weighted by Gasteiger charge is -2.11. The molecule has 0 aromatic carbocycles. The second-order valence-corrected chi connectivity index (χ2v) is 3.85. The van der Waals surface area contributed by atoms with Gasteiger partial charge in [-0.25, -0.2) is 18.7 Å². The molecular formula is C12H19N2O4+. The average molecular weight is 255 g/mol. The Morgan fingerprint density at radius 3 is 2.44 bits per heavy atom. The highest BCUT2D eigenvalue weighted by Crippen LogP contribution is 2.10. The summed E-state index contributed by atoms with van der Waals surface area (Å²) in [5, 5.41) is 0. The number of esters is 2. The molecular weight excluding hydrogens is 236 g/mol. The first-order valence-electron chi connectivity index (χ1n) is 5.96. The SMILES string of the molecule is CCCOC(=O)[C@@H](C(=O)OCC)n1cc[n+](C)c1. The summed E-state index contributed by atoms with van der Waals surface area (Å²) < 4.78 is 13.1. The van der Waals surface area contributed by atoms with Crippen LogP contribution in [0.25, 0.3) is 0 Å². The molecule has 0 saturated heterocycles. The van der Waals surface area contributed by atoms with E-state index in [4.69, 9.17) is 9.47 Å². The van der Waals surface area contributed by atoms with Gasteiger partial charge in [0, 0.05) is 0 Å². The van der Waals surface area contributed by atoms with Crippen LogP contribution >= 0.6 is 0 Å². The zero-order valence-corrected chi connectivity index (χ0v) is 11.0. The first kappa shape index (κ1) is 14.2. The Morgan fingerprint density at radius 1 is 1.28 bits per heavy atom. The molecule has 1 atom stereocenters. The molecule has 1 aromatic rings. The van der Waals surface area contributed by atoms with E-state index in [0.717, 1.165) is 0 Å². The van der Waals surface area contributed by atoms with Crippen molar-refractivity contribution in [2.24, 2.45) is 7.05 Å². The molecule has 0 N–H and O–H groups in total. The molecule has 0 amide bonds. The molecule has 0 spiro atoms. The highest BCUT2D eigenvalue weighted by molar-refractivity contribution is 5.97. The van der Waals surface area contributed by atoms with Gasteiger partial charge < -0.3 is 9.47 Å². The predicted octanol–water partition coefficient (Wildman–Crippen LogP) is 0.370. The average Bonchev–Trinajstić information content (AvgIpc) is 2.73. The summed E-state index contributed by atoms with van der Waals surface area (Å²) in [4.78, 5) is 23.7. The van der Waals surface area contributed by atoms with Crippen LogP contribution in [0.2, 0.25) is 0 Å². The summed E-state index contributed by atoms with van der Waals surface area (Å²) in [6, 6.07) is -1.07. The van der Waals surface area contributed by atoms with Crippen LogP contribution in [0, 0.1) is 0 Å². The normalized spacial score (nSPS) is 11.9. The summed E-state index contributed by atoms with van der Waals surface area (Å²) in [5.74, 6) is -1.19. The van der Waals surface area contributed by atoms with Crippen molar-refractivity contribution in [1.82, 2.24) is 4.57 Å². The molecule has 0 radical (unpaired) electrons. The minimum atomic E-state index is -1.07. The van der Waals surface area contributed by atoms with Gasteiger partial charge in [-0.2, -0.15) is 0 Å². The molecule has 1 aromatic heterocycles. The van der Waals surface area contributed by atoms with Crippen LogP contribution in [0.4, 0.5) is 0 Å². The van der Waals surface area contributed by atoms with Gasteiger partial charge >= 0.3 is 11.9 Å².